The Balaban J connectivity index is 1.44. The maximum absolute atomic E-state index is 13.3. The van der Waals surface area contributed by atoms with Crippen molar-refractivity contribution in [3.63, 3.8) is 0 Å². The van der Waals surface area contributed by atoms with Crippen molar-refractivity contribution in [1.82, 2.24) is 9.55 Å². The number of nitrogens with zero attached hydrogens (tertiary/aromatic N) is 3. The van der Waals surface area contributed by atoms with Crippen molar-refractivity contribution in [2.75, 3.05) is 23.4 Å². The summed E-state index contributed by atoms with van der Waals surface area (Å²) in [4.78, 5) is 32.5. The summed E-state index contributed by atoms with van der Waals surface area (Å²) in [6, 6.07) is 14.8. The summed E-state index contributed by atoms with van der Waals surface area (Å²) in [5, 5.41) is 2.92. The van der Waals surface area contributed by atoms with E-state index in [1.165, 1.54) is 0 Å². The first kappa shape index (κ1) is 18.8. The molecule has 0 aliphatic carbocycles. The molecule has 2 atom stereocenters. The lowest BCUT2D eigenvalue weighted by Gasteiger charge is -2.19. The maximum atomic E-state index is 13.3. The molecule has 3 heterocycles. The number of anilines is 2. The highest BCUT2D eigenvalue weighted by molar-refractivity contribution is 6.05. The molecule has 1 N–H and O–H groups in total. The first-order valence-electron chi connectivity index (χ1n) is 10.4. The van der Waals surface area contributed by atoms with Crippen LogP contribution in [0.3, 0.4) is 0 Å². The van der Waals surface area contributed by atoms with Crippen molar-refractivity contribution in [3.05, 3.63) is 54.1 Å². The summed E-state index contributed by atoms with van der Waals surface area (Å²) >= 11 is 0. The molecule has 154 valence electrons. The Hall–Kier alpha value is -3.19. The number of carbonyl (C=O) groups excluding carboxylic acids is 2. The average molecular weight is 404 g/mol. The van der Waals surface area contributed by atoms with Crippen molar-refractivity contribution < 1.29 is 14.3 Å². The van der Waals surface area contributed by atoms with Crippen molar-refractivity contribution in [2.45, 2.75) is 38.3 Å². The Morgan fingerprint density at radius 1 is 1.23 bits per heavy atom. The monoisotopic (exact) mass is 404 g/mol. The Morgan fingerprint density at radius 2 is 2.10 bits per heavy atom. The molecular weight excluding hydrogens is 380 g/mol. The van der Waals surface area contributed by atoms with Gasteiger partial charge < -0.3 is 10.1 Å². The van der Waals surface area contributed by atoms with Crippen LogP contribution in [0.4, 0.5) is 11.6 Å². The summed E-state index contributed by atoms with van der Waals surface area (Å²) in [5.74, 6) is 0.310. The molecule has 30 heavy (non-hydrogen) atoms. The molecule has 3 aromatic rings. The third kappa shape index (κ3) is 3.35. The van der Waals surface area contributed by atoms with E-state index >= 15 is 0 Å². The average Bonchev–Trinajstić information content (AvgIpc) is 3.42. The van der Waals surface area contributed by atoms with Crippen LogP contribution in [0.15, 0.2) is 48.5 Å². The van der Waals surface area contributed by atoms with E-state index in [0.717, 1.165) is 41.7 Å². The number of fused-ring (bicyclic) bond motifs is 3. The molecule has 7 heteroatoms. The molecule has 0 saturated carbocycles. The molecule has 1 saturated heterocycles. The Kier molecular flexibility index (Phi) is 4.75. The van der Waals surface area contributed by atoms with Gasteiger partial charge in [0.25, 0.3) is 5.91 Å². The van der Waals surface area contributed by atoms with Crippen LogP contribution >= 0.6 is 0 Å². The molecule has 2 amide bonds. The lowest BCUT2D eigenvalue weighted by Crippen LogP contribution is -2.37. The highest BCUT2D eigenvalue weighted by atomic mass is 16.5. The number of aromatic nitrogens is 2. The fourth-order valence-electron chi connectivity index (χ4n) is 4.37. The molecule has 2 aliphatic rings. The summed E-state index contributed by atoms with van der Waals surface area (Å²) < 4.78 is 7.65. The second-order valence-electron chi connectivity index (χ2n) is 7.99. The van der Waals surface area contributed by atoms with E-state index < -0.39 is 6.04 Å². The zero-order chi connectivity index (χ0) is 20.7. The lowest BCUT2D eigenvalue weighted by molar-refractivity contribution is -0.124. The number of para-hydroxylation sites is 2. The van der Waals surface area contributed by atoms with Gasteiger partial charge in [-0.1, -0.05) is 24.3 Å². The highest BCUT2D eigenvalue weighted by Gasteiger charge is 2.42. The molecule has 0 spiro atoms. The van der Waals surface area contributed by atoms with Crippen molar-refractivity contribution in [3.8, 4) is 0 Å². The smallest absolute Gasteiger partial charge is 0.253 e. The second-order valence-corrected chi connectivity index (χ2v) is 7.99. The lowest BCUT2D eigenvalue weighted by atomic mass is 10.1. The Bertz CT molecular complexity index is 1120. The summed E-state index contributed by atoms with van der Waals surface area (Å²) in [6.45, 7) is 3.17. The maximum Gasteiger partial charge on any atom is 0.253 e. The van der Waals surface area contributed by atoms with Crippen LogP contribution in [-0.4, -0.2) is 40.6 Å². The predicted molar refractivity (Wildman–Crippen MR) is 115 cm³/mol. The normalized spacial score (nSPS) is 20.7. The molecule has 2 aromatic carbocycles. The molecular formula is C23H24N4O3. The predicted octanol–water partition coefficient (Wildman–Crippen LogP) is 3.44. The summed E-state index contributed by atoms with van der Waals surface area (Å²) in [7, 11) is 0. The first-order chi connectivity index (χ1) is 14.6. The minimum atomic E-state index is -0.612. The molecule has 0 bridgehead atoms. The largest absolute Gasteiger partial charge is 0.376 e. The van der Waals surface area contributed by atoms with Crippen LogP contribution in [0, 0.1) is 6.92 Å². The molecule has 5 rings (SSSR count). The standard InChI is InChI=1S/C23H24N4O3/c1-15-6-4-7-16(12-15)24-21(28)13-20-22(29)26(14-17-8-5-11-30-17)23-25-18-9-2-3-10-19(18)27(20)23/h2-4,6-7,9-10,12,17,20H,5,8,11,13-14H2,1H3,(H,24,28)/t17-,20+/m0/s1. The zero-order valence-electron chi connectivity index (χ0n) is 16.9. The third-order valence-electron chi connectivity index (χ3n) is 5.77. The van der Waals surface area contributed by atoms with Gasteiger partial charge in [0.15, 0.2) is 0 Å². The number of nitrogens with one attached hydrogen (secondary N) is 1. The topological polar surface area (TPSA) is 76.5 Å². The van der Waals surface area contributed by atoms with Gasteiger partial charge in [-0.2, -0.15) is 0 Å². The number of hydrogen-bond acceptors (Lipinski definition) is 4. The quantitative estimate of drug-likeness (QED) is 0.707. The minimum absolute atomic E-state index is 0.0158. The highest BCUT2D eigenvalue weighted by Crippen LogP contribution is 2.37. The van der Waals surface area contributed by atoms with Gasteiger partial charge in [0, 0.05) is 12.3 Å². The molecule has 0 radical (unpaired) electrons. The van der Waals surface area contributed by atoms with Gasteiger partial charge >= 0.3 is 0 Å². The number of carbonyl (C=O) groups is 2. The number of hydrogen-bond donors (Lipinski definition) is 1. The van der Waals surface area contributed by atoms with E-state index in [-0.39, 0.29) is 24.3 Å². The molecule has 0 unspecified atom stereocenters. The molecule has 2 aliphatic heterocycles. The number of aryl methyl sites for hydroxylation is 1. The number of rotatable bonds is 5. The Labute approximate surface area is 174 Å². The number of imidazole rings is 1. The van der Waals surface area contributed by atoms with E-state index in [4.69, 9.17) is 9.72 Å². The fraction of sp³-hybridized carbons (Fsp3) is 0.348. The van der Waals surface area contributed by atoms with E-state index in [2.05, 4.69) is 5.32 Å². The number of benzene rings is 2. The van der Waals surface area contributed by atoms with Crippen LogP contribution in [-0.2, 0) is 14.3 Å². The third-order valence-corrected chi connectivity index (χ3v) is 5.77. The van der Waals surface area contributed by atoms with E-state index in [1.807, 2.05) is 60.0 Å². The zero-order valence-corrected chi connectivity index (χ0v) is 16.9. The van der Waals surface area contributed by atoms with Crippen LogP contribution in [0.1, 0.15) is 30.9 Å². The molecule has 7 nitrogen and oxygen atoms in total. The van der Waals surface area contributed by atoms with Crippen molar-refractivity contribution in [1.29, 1.82) is 0 Å². The summed E-state index contributed by atoms with van der Waals surface area (Å²) in [5.41, 5.74) is 3.48. The van der Waals surface area contributed by atoms with Gasteiger partial charge in [0.2, 0.25) is 11.9 Å². The van der Waals surface area contributed by atoms with Crippen LogP contribution in [0.2, 0.25) is 0 Å². The van der Waals surface area contributed by atoms with Crippen molar-refractivity contribution in [2.24, 2.45) is 0 Å². The van der Waals surface area contributed by atoms with Gasteiger partial charge in [-0.15, -0.1) is 0 Å². The van der Waals surface area contributed by atoms with Gasteiger partial charge in [0.1, 0.15) is 6.04 Å². The molecule has 1 aromatic heterocycles. The van der Waals surface area contributed by atoms with Crippen LogP contribution in [0.25, 0.3) is 11.0 Å². The van der Waals surface area contributed by atoms with E-state index in [9.17, 15) is 9.59 Å². The fourth-order valence-corrected chi connectivity index (χ4v) is 4.37. The van der Waals surface area contributed by atoms with Gasteiger partial charge in [-0.3, -0.25) is 19.1 Å². The van der Waals surface area contributed by atoms with E-state index in [1.54, 1.807) is 4.90 Å². The summed E-state index contributed by atoms with van der Waals surface area (Å²) in [6.07, 6.45) is 2.01. The minimum Gasteiger partial charge on any atom is -0.376 e. The first-order valence-corrected chi connectivity index (χ1v) is 10.4. The molecule has 1 fully saturated rings. The van der Waals surface area contributed by atoms with Gasteiger partial charge in [-0.05, 0) is 49.6 Å². The number of ether oxygens (including phenoxy) is 1. The van der Waals surface area contributed by atoms with Crippen LogP contribution in [0.5, 0.6) is 0 Å². The van der Waals surface area contributed by atoms with Gasteiger partial charge in [-0.25, -0.2) is 4.98 Å². The Morgan fingerprint density at radius 3 is 2.90 bits per heavy atom. The number of amides is 2. The SMILES string of the molecule is Cc1cccc(NC(=O)C[C@@H]2C(=O)N(C[C@@H]3CCCO3)c3nc4ccccc4n32)c1. The second kappa shape index (κ2) is 7.57. The van der Waals surface area contributed by atoms with Crippen molar-refractivity contribution >= 4 is 34.5 Å². The van der Waals surface area contributed by atoms with Crippen LogP contribution < -0.4 is 10.2 Å². The van der Waals surface area contributed by atoms with Gasteiger partial charge in [0.05, 0.1) is 30.1 Å². The van der Waals surface area contributed by atoms with E-state index in [0.29, 0.717) is 12.5 Å².